The lowest BCUT2D eigenvalue weighted by Crippen LogP contribution is -2.29. The summed E-state index contributed by atoms with van der Waals surface area (Å²) in [7, 11) is 2.17. The van der Waals surface area contributed by atoms with Gasteiger partial charge in [-0.05, 0) is 43.8 Å². The average Bonchev–Trinajstić information content (AvgIpc) is 2.54. The number of likely N-dealkylation sites (N-methyl/N-ethyl adjacent to an activating group) is 1. The first kappa shape index (κ1) is 13.0. The van der Waals surface area contributed by atoms with Crippen LogP contribution in [-0.2, 0) is 5.88 Å². The Labute approximate surface area is 113 Å². The fourth-order valence-electron chi connectivity index (χ4n) is 2.26. The van der Waals surface area contributed by atoms with E-state index in [0.29, 0.717) is 5.88 Å². The summed E-state index contributed by atoms with van der Waals surface area (Å²) in [5.74, 6) is 0.516. The maximum atomic E-state index is 6.00. The summed E-state index contributed by atoms with van der Waals surface area (Å²) in [5.41, 5.74) is 2.36. The molecule has 1 aromatic rings. The van der Waals surface area contributed by atoms with E-state index in [4.69, 9.17) is 23.2 Å². The average molecular weight is 273 g/mol. The molecule has 2 rings (SSSR count). The normalized spacial score (nSPS) is 18.2. The second kappa shape index (κ2) is 5.94. The molecule has 0 aromatic heterocycles. The van der Waals surface area contributed by atoms with Gasteiger partial charge in [0.15, 0.2) is 0 Å². The van der Waals surface area contributed by atoms with Gasteiger partial charge in [0, 0.05) is 36.2 Å². The first-order chi connectivity index (χ1) is 8.20. The van der Waals surface area contributed by atoms with E-state index in [1.54, 1.807) is 0 Å². The van der Waals surface area contributed by atoms with Gasteiger partial charge in [-0.2, -0.15) is 0 Å². The molecule has 0 N–H and O–H groups in total. The van der Waals surface area contributed by atoms with Crippen molar-refractivity contribution in [3.05, 3.63) is 28.8 Å². The van der Waals surface area contributed by atoms with Crippen molar-refractivity contribution in [2.24, 2.45) is 0 Å². The first-order valence-corrected chi connectivity index (χ1v) is 6.90. The Morgan fingerprint density at radius 1 is 1.18 bits per heavy atom. The van der Waals surface area contributed by atoms with Crippen LogP contribution in [0.5, 0.6) is 0 Å². The Bertz CT molecular complexity index is 382. The van der Waals surface area contributed by atoms with E-state index in [9.17, 15) is 0 Å². The van der Waals surface area contributed by atoms with Crippen LogP contribution in [0, 0.1) is 0 Å². The molecule has 1 aromatic carbocycles. The number of hydrogen-bond acceptors (Lipinski definition) is 2. The van der Waals surface area contributed by atoms with Crippen molar-refractivity contribution >= 4 is 28.9 Å². The van der Waals surface area contributed by atoms with E-state index in [1.807, 2.05) is 12.1 Å². The van der Waals surface area contributed by atoms with Crippen molar-refractivity contribution < 1.29 is 0 Å². The standard InChI is InChI=1S/C13H18Cl2N2/c1-16-5-2-6-17(8-7-16)13-4-3-12(15)9-11(13)10-14/h3-4,9H,2,5-8,10H2,1H3. The van der Waals surface area contributed by atoms with E-state index in [0.717, 1.165) is 30.2 Å². The van der Waals surface area contributed by atoms with Gasteiger partial charge in [-0.1, -0.05) is 11.6 Å². The fraction of sp³-hybridized carbons (Fsp3) is 0.538. The highest BCUT2D eigenvalue weighted by Crippen LogP contribution is 2.26. The minimum Gasteiger partial charge on any atom is -0.370 e. The van der Waals surface area contributed by atoms with Gasteiger partial charge >= 0.3 is 0 Å². The molecule has 1 aliphatic heterocycles. The Morgan fingerprint density at radius 3 is 2.76 bits per heavy atom. The molecule has 0 saturated carbocycles. The molecule has 2 nitrogen and oxygen atoms in total. The summed E-state index contributed by atoms with van der Waals surface area (Å²) in [6, 6.07) is 6.01. The highest BCUT2D eigenvalue weighted by molar-refractivity contribution is 6.30. The molecular formula is C13H18Cl2N2. The second-order valence-corrected chi connectivity index (χ2v) is 5.25. The number of alkyl halides is 1. The molecule has 1 saturated heterocycles. The molecule has 0 bridgehead atoms. The molecule has 0 radical (unpaired) electrons. The highest BCUT2D eigenvalue weighted by atomic mass is 35.5. The van der Waals surface area contributed by atoms with Gasteiger partial charge in [-0.15, -0.1) is 11.6 Å². The quantitative estimate of drug-likeness (QED) is 0.763. The van der Waals surface area contributed by atoms with E-state index in [1.165, 1.54) is 18.7 Å². The zero-order chi connectivity index (χ0) is 12.3. The Kier molecular flexibility index (Phi) is 4.55. The minimum atomic E-state index is 0.516. The summed E-state index contributed by atoms with van der Waals surface area (Å²) >= 11 is 12.0. The number of nitrogens with zero attached hydrogens (tertiary/aromatic N) is 2. The molecule has 94 valence electrons. The molecule has 0 aliphatic carbocycles. The van der Waals surface area contributed by atoms with Crippen LogP contribution < -0.4 is 4.90 Å². The van der Waals surface area contributed by atoms with Gasteiger partial charge in [0.2, 0.25) is 0 Å². The van der Waals surface area contributed by atoms with Crippen molar-refractivity contribution in [2.45, 2.75) is 12.3 Å². The van der Waals surface area contributed by atoms with Gasteiger partial charge in [-0.3, -0.25) is 0 Å². The van der Waals surface area contributed by atoms with Gasteiger partial charge in [0.05, 0.1) is 0 Å². The summed E-state index contributed by atoms with van der Waals surface area (Å²) in [6.07, 6.45) is 1.20. The van der Waals surface area contributed by atoms with Crippen LogP contribution in [-0.4, -0.2) is 38.1 Å². The lowest BCUT2D eigenvalue weighted by atomic mass is 10.1. The van der Waals surface area contributed by atoms with Crippen LogP contribution >= 0.6 is 23.2 Å². The Morgan fingerprint density at radius 2 is 2.00 bits per heavy atom. The number of hydrogen-bond donors (Lipinski definition) is 0. The lowest BCUT2D eigenvalue weighted by molar-refractivity contribution is 0.360. The van der Waals surface area contributed by atoms with Crippen molar-refractivity contribution in [1.29, 1.82) is 0 Å². The summed E-state index contributed by atoms with van der Waals surface area (Å²) in [4.78, 5) is 4.79. The third-order valence-electron chi connectivity index (χ3n) is 3.25. The van der Waals surface area contributed by atoms with Crippen LogP contribution in [0.3, 0.4) is 0 Å². The van der Waals surface area contributed by atoms with Crippen molar-refractivity contribution in [3.8, 4) is 0 Å². The monoisotopic (exact) mass is 272 g/mol. The molecule has 1 aliphatic rings. The van der Waals surface area contributed by atoms with Gasteiger partial charge in [0.1, 0.15) is 0 Å². The maximum absolute atomic E-state index is 6.00. The number of rotatable bonds is 2. The van der Waals surface area contributed by atoms with Gasteiger partial charge in [-0.25, -0.2) is 0 Å². The van der Waals surface area contributed by atoms with Crippen LogP contribution in [0.4, 0.5) is 5.69 Å². The summed E-state index contributed by atoms with van der Waals surface area (Å²) in [5, 5.41) is 0.760. The van der Waals surface area contributed by atoms with Crippen molar-refractivity contribution in [3.63, 3.8) is 0 Å². The topological polar surface area (TPSA) is 6.48 Å². The van der Waals surface area contributed by atoms with E-state index >= 15 is 0 Å². The minimum absolute atomic E-state index is 0.516. The van der Waals surface area contributed by atoms with Crippen LogP contribution in [0.1, 0.15) is 12.0 Å². The largest absolute Gasteiger partial charge is 0.370 e. The number of anilines is 1. The smallest absolute Gasteiger partial charge is 0.0495 e. The van der Waals surface area contributed by atoms with E-state index < -0.39 is 0 Å². The molecule has 1 heterocycles. The first-order valence-electron chi connectivity index (χ1n) is 5.98. The predicted octanol–water partition coefficient (Wildman–Crippen LogP) is 3.22. The zero-order valence-electron chi connectivity index (χ0n) is 10.1. The Hall–Kier alpha value is -0.440. The van der Waals surface area contributed by atoms with Crippen molar-refractivity contribution in [2.75, 3.05) is 38.1 Å². The second-order valence-electron chi connectivity index (χ2n) is 4.55. The SMILES string of the molecule is CN1CCCN(c2ccc(Cl)cc2CCl)CC1. The molecule has 0 amide bonds. The molecule has 1 fully saturated rings. The fourth-order valence-corrected chi connectivity index (χ4v) is 2.67. The molecule has 0 atom stereocenters. The summed E-state index contributed by atoms with van der Waals surface area (Å²) < 4.78 is 0. The van der Waals surface area contributed by atoms with E-state index in [-0.39, 0.29) is 0 Å². The van der Waals surface area contributed by atoms with Crippen LogP contribution in [0.25, 0.3) is 0 Å². The molecule has 0 spiro atoms. The molecular weight excluding hydrogens is 255 g/mol. The number of benzene rings is 1. The molecule has 4 heteroatoms. The third-order valence-corrected chi connectivity index (χ3v) is 3.77. The van der Waals surface area contributed by atoms with Crippen LogP contribution in [0.2, 0.25) is 5.02 Å². The highest BCUT2D eigenvalue weighted by Gasteiger charge is 2.15. The maximum Gasteiger partial charge on any atom is 0.0495 e. The van der Waals surface area contributed by atoms with E-state index in [2.05, 4.69) is 22.9 Å². The van der Waals surface area contributed by atoms with Crippen molar-refractivity contribution in [1.82, 2.24) is 4.90 Å². The third kappa shape index (κ3) is 3.27. The molecule has 0 unspecified atom stereocenters. The van der Waals surface area contributed by atoms with Crippen LogP contribution in [0.15, 0.2) is 18.2 Å². The number of halogens is 2. The lowest BCUT2D eigenvalue weighted by Gasteiger charge is -2.25. The summed E-state index contributed by atoms with van der Waals surface area (Å²) in [6.45, 7) is 4.42. The molecule has 17 heavy (non-hydrogen) atoms. The zero-order valence-corrected chi connectivity index (χ0v) is 11.6. The Balaban J connectivity index is 2.20. The van der Waals surface area contributed by atoms with Gasteiger partial charge < -0.3 is 9.80 Å². The van der Waals surface area contributed by atoms with Gasteiger partial charge in [0.25, 0.3) is 0 Å². The predicted molar refractivity (Wildman–Crippen MR) is 75.3 cm³/mol.